The average Bonchev–Trinajstić information content (AvgIpc) is 2.86. The second kappa shape index (κ2) is 6.00. The van der Waals surface area contributed by atoms with E-state index in [0.29, 0.717) is 25.4 Å². The number of ketones is 1. The summed E-state index contributed by atoms with van der Waals surface area (Å²) in [5, 5.41) is 4.45. The van der Waals surface area contributed by atoms with Crippen molar-refractivity contribution in [2.24, 2.45) is 0 Å². The molecule has 0 amide bonds. The molecule has 2 unspecified atom stereocenters. The molecule has 112 valence electrons. The van der Waals surface area contributed by atoms with Crippen molar-refractivity contribution in [1.82, 2.24) is 5.32 Å². The predicted molar refractivity (Wildman–Crippen MR) is 81.7 cm³/mol. The molecule has 21 heavy (non-hydrogen) atoms. The second-order valence-electron chi connectivity index (χ2n) is 5.69. The molecule has 4 nitrogen and oxygen atoms in total. The number of aryl methyl sites for hydroxylation is 1. The molecule has 3 rings (SSSR count). The third-order valence-corrected chi connectivity index (χ3v) is 3.94. The van der Waals surface area contributed by atoms with Gasteiger partial charge in [0.1, 0.15) is 5.58 Å². The van der Waals surface area contributed by atoms with E-state index >= 15 is 0 Å². The van der Waals surface area contributed by atoms with Gasteiger partial charge in [-0.3, -0.25) is 4.79 Å². The number of hydrogen-bond donors (Lipinski definition) is 1. The molecular formula is C17H21NO3. The van der Waals surface area contributed by atoms with E-state index in [1.54, 1.807) is 0 Å². The van der Waals surface area contributed by atoms with E-state index in [4.69, 9.17) is 9.15 Å². The number of carbonyl (C=O) groups excluding carboxylic acids is 1. The smallest absolute Gasteiger partial charge is 0.199 e. The standard InChI is InChI=1S/C17H21NO3/c1-3-13-14-6-4-5-7-16(14)21-17(13)15(19)8-12-10-20-9-11(2)18-12/h4-7,11-12,18H,3,8-10H2,1-2H3. The Balaban J connectivity index is 1.84. The molecule has 0 bridgehead atoms. The third-order valence-electron chi connectivity index (χ3n) is 3.94. The molecule has 2 aromatic rings. The molecule has 2 heterocycles. The van der Waals surface area contributed by atoms with Gasteiger partial charge in [-0.15, -0.1) is 0 Å². The van der Waals surface area contributed by atoms with Crippen LogP contribution in [-0.4, -0.2) is 31.1 Å². The maximum absolute atomic E-state index is 12.6. The fraction of sp³-hybridized carbons (Fsp3) is 0.471. The summed E-state index contributed by atoms with van der Waals surface area (Å²) < 4.78 is 11.3. The van der Waals surface area contributed by atoms with Crippen LogP contribution < -0.4 is 5.32 Å². The predicted octanol–water partition coefficient (Wildman–Crippen LogP) is 2.94. The highest BCUT2D eigenvalue weighted by atomic mass is 16.5. The van der Waals surface area contributed by atoms with Crippen LogP contribution in [0.25, 0.3) is 11.0 Å². The van der Waals surface area contributed by atoms with Gasteiger partial charge in [0.25, 0.3) is 0 Å². The molecule has 1 fully saturated rings. The summed E-state index contributed by atoms with van der Waals surface area (Å²) >= 11 is 0. The van der Waals surface area contributed by atoms with E-state index in [-0.39, 0.29) is 17.9 Å². The number of rotatable bonds is 4. The summed E-state index contributed by atoms with van der Waals surface area (Å²) in [6, 6.07) is 8.19. The van der Waals surface area contributed by atoms with Crippen molar-refractivity contribution in [2.45, 2.75) is 38.8 Å². The Morgan fingerprint density at radius 2 is 2.14 bits per heavy atom. The number of carbonyl (C=O) groups is 1. The number of ether oxygens (including phenoxy) is 1. The fourth-order valence-corrected chi connectivity index (χ4v) is 3.00. The zero-order valence-corrected chi connectivity index (χ0v) is 12.5. The largest absolute Gasteiger partial charge is 0.453 e. The molecule has 0 saturated carbocycles. The zero-order valence-electron chi connectivity index (χ0n) is 12.5. The molecule has 1 N–H and O–H groups in total. The Labute approximate surface area is 124 Å². The van der Waals surface area contributed by atoms with Gasteiger partial charge < -0.3 is 14.5 Å². The lowest BCUT2D eigenvalue weighted by atomic mass is 10.0. The highest BCUT2D eigenvalue weighted by Gasteiger charge is 2.25. The topological polar surface area (TPSA) is 51.5 Å². The first-order chi connectivity index (χ1) is 10.2. The number of benzene rings is 1. The number of furan rings is 1. The van der Waals surface area contributed by atoms with Crippen LogP contribution in [0.15, 0.2) is 28.7 Å². The summed E-state index contributed by atoms with van der Waals surface area (Å²) in [4.78, 5) is 12.6. The summed E-state index contributed by atoms with van der Waals surface area (Å²) in [6.45, 7) is 5.40. The lowest BCUT2D eigenvalue weighted by Gasteiger charge is -2.28. The van der Waals surface area contributed by atoms with Crippen LogP contribution in [0, 0.1) is 0 Å². The van der Waals surface area contributed by atoms with Gasteiger partial charge in [0.15, 0.2) is 11.5 Å². The number of hydrogen-bond acceptors (Lipinski definition) is 4. The summed E-state index contributed by atoms with van der Waals surface area (Å²) in [7, 11) is 0. The third kappa shape index (κ3) is 2.87. The minimum Gasteiger partial charge on any atom is -0.453 e. The minimum atomic E-state index is 0.0539. The SMILES string of the molecule is CCc1c(C(=O)CC2COCC(C)N2)oc2ccccc12. The van der Waals surface area contributed by atoms with Crippen LogP contribution >= 0.6 is 0 Å². The van der Waals surface area contributed by atoms with Gasteiger partial charge in [-0.2, -0.15) is 0 Å². The molecule has 2 atom stereocenters. The zero-order chi connectivity index (χ0) is 14.8. The molecule has 0 spiro atoms. The number of nitrogens with one attached hydrogen (secondary N) is 1. The normalized spacial score (nSPS) is 22.6. The van der Waals surface area contributed by atoms with Gasteiger partial charge >= 0.3 is 0 Å². The second-order valence-corrected chi connectivity index (χ2v) is 5.69. The van der Waals surface area contributed by atoms with Crippen LogP contribution in [0.1, 0.15) is 36.4 Å². The van der Waals surface area contributed by atoms with E-state index in [1.165, 1.54) is 0 Å². The average molecular weight is 287 g/mol. The summed E-state index contributed by atoms with van der Waals surface area (Å²) in [5.41, 5.74) is 1.80. The molecule has 1 aliphatic rings. The van der Waals surface area contributed by atoms with E-state index in [1.807, 2.05) is 24.3 Å². The van der Waals surface area contributed by atoms with Crippen LogP contribution in [0.5, 0.6) is 0 Å². The van der Waals surface area contributed by atoms with Gasteiger partial charge in [0.2, 0.25) is 0 Å². The monoisotopic (exact) mass is 287 g/mol. The molecular weight excluding hydrogens is 266 g/mol. The van der Waals surface area contributed by atoms with Gasteiger partial charge in [-0.25, -0.2) is 0 Å². The minimum absolute atomic E-state index is 0.0539. The molecule has 0 radical (unpaired) electrons. The summed E-state index contributed by atoms with van der Waals surface area (Å²) in [6.07, 6.45) is 1.21. The Morgan fingerprint density at radius 1 is 1.33 bits per heavy atom. The highest BCUT2D eigenvalue weighted by molar-refractivity contribution is 6.00. The van der Waals surface area contributed by atoms with Crippen molar-refractivity contribution in [3.63, 3.8) is 0 Å². The molecule has 1 aromatic heterocycles. The van der Waals surface area contributed by atoms with E-state index in [9.17, 15) is 4.79 Å². The van der Waals surface area contributed by atoms with Crippen molar-refractivity contribution in [3.05, 3.63) is 35.6 Å². The molecule has 4 heteroatoms. The van der Waals surface area contributed by atoms with Crippen molar-refractivity contribution in [3.8, 4) is 0 Å². The number of Topliss-reactive ketones (excluding diaryl/α,β-unsaturated/α-hetero) is 1. The van der Waals surface area contributed by atoms with E-state index in [0.717, 1.165) is 23.0 Å². The molecule has 1 aliphatic heterocycles. The molecule has 1 saturated heterocycles. The lowest BCUT2D eigenvalue weighted by Crippen LogP contribution is -2.48. The van der Waals surface area contributed by atoms with E-state index < -0.39 is 0 Å². The van der Waals surface area contributed by atoms with Crippen LogP contribution in [0.3, 0.4) is 0 Å². The Morgan fingerprint density at radius 3 is 2.90 bits per heavy atom. The highest BCUT2D eigenvalue weighted by Crippen LogP contribution is 2.27. The lowest BCUT2D eigenvalue weighted by molar-refractivity contribution is 0.0458. The maximum Gasteiger partial charge on any atom is 0.199 e. The Bertz CT molecular complexity index is 647. The molecule has 0 aliphatic carbocycles. The first kappa shape index (κ1) is 14.3. The summed E-state index contributed by atoms with van der Waals surface area (Å²) in [5.74, 6) is 0.567. The van der Waals surface area contributed by atoms with Gasteiger partial charge in [0, 0.05) is 29.5 Å². The van der Waals surface area contributed by atoms with Crippen LogP contribution in [0.4, 0.5) is 0 Å². The van der Waals surface area contributed by atoms with Crippen molar-refractivity contribution >= 4 is 16.8 Å². The number of para-hydroxylation sites is 1. The number of fused-ring (bicyclic) bond motifs is 1. The maximum atomic E-state index is 12.6. The van der Waals surface area contributed by atoms with Crippen molar-refractivity contribution in [1.29, 1.82) is 0 Å². The Kier molecular flexibility index (Phi) is 4.08. The first-order valence-electron chi connectivity index (χ1n) is 7.56. The van der Waals surface area contributed by atoms with E-state index in [2.05, 4.69) is 19.2 Å². The fourth-order valence-electron chi connectivity index (χ4n) is 3.00. The van der Waals surface area contributed by atoms with Crippen LogP contribution in [-0.2, 0) is 11.2 Å². The first-order valence-corrected chi connectivity index (χ1v) is 7.56. The van der Waals surface area contributed by atoms with Crippen LogP contribution in [0.2, 0.25) is 0 Å². The van der Waals surface area contributed by atoms with Gasteiger partial charge in [-0.1, -0.05) is 25.1 Å². The van der Waals surface area contributed by atoms with Crippen molar-refractivity contribution < 1.29 is 13.9 Å². The Hall–Kier alpha value is -1.65. The number of morpholine rings is 1. The molecule has 1 aromatic carbocycles. The van der Waals surface area contributed by atoms with Gasteiger partial charge in [0.05, 0.1) is 13.2 Å². The van der Waals surface area contributed by atoms with Crippen molar-refractivity contribution in [2.75, 3.05) is 13.2 Å². The van der Waals surface area contributed by atoms with Gasteiger partial charge in [-0.05, 0) is 19.4 Å². The quantitative estimate of drug-likeness (QED) is 0.878.